The van der Waals surface area contributed by atoms with Gasteiger partial charge in [0.2, 0.25) is 0 Å². The third kappa shape index (κ3) is 2.11. The quantitative estimate of drug-likeness (QED) is 0.496. The maximum atomic E-state index is 3.61. The van der Waals surface area contributed by atoms with E-state index in [0.717, 1.165) is 8.95 Å². The lowest BCUT2D eigenvalue weighted by Gasteiger charge is -2.08. The Hall–Kier alpha value is -1.12. The molecule has 0 aliphatic carbocycles. The van der Waals surface area contributed by atoms with Gasteiger partial charge in [0.15, 0.2) is 0 Å². The fraction of sp³-hybridized carbons (Fsp3) is 0. The van der Waals surface area contributed by atoms with Crippen LogP contribution in [0.25, 0.3) is 21.9 Å². The number of rotatable bonds is 1. The Morgan fingerprint density at radius 3 is 2.00 bits per heavy atom. The van der Waals surface area contributed by atoms with Gasteiger partial charge in [-0.05, 0) is 40.1 Å². The number of hydrogen-bond donors (Lipinski definition) is 0. The Morgan fingerprint density at radius 2 is 1.28 bits per heavy atom. The molecule has 0 radical (unpaired) electrons. The Bertz CT molecular complexity index is 700. The molecule has 0 fully saturated rings. The van der Waals surface area contributed by atoms with Gasteiger partial charge in [-0.1, -0.05) is 74.3 Å². The Labute approximate surface area is 123 Å². The smallest absolute Gasteiger partial charge is 0.0254 e. The first-order valence-electron chi connectivity index (χ1n) is 5.69. The van der Waals surface area contributed by atoms with E-state index in [9.17, 15) is 0 Å². The van der Waals surface area contributed by atoms with Gasteiger partial charge in [-0.25, -0.2) is 0 Å². The minimum Gasteiger partial charge on any atom is -0.0616 e. The topological polar surface area (TPSA) is 0 Å². The van der Waals surface area contributed by atoms with Crippen LogP contribution in [0, 0.1) is 0 Å². The van der Waals surface area contributed by atoms with E-state index in [1.807, 2.05) is 0 Å². The van der Waals surface area contributed by atoms with Gasteiger partial charge < -0.3 is 0 Å². The number of benzene rings is 3. The molecule has 3 aromatic rings. The lowest BCUT2D eigenvalue weighted by atomic mass is 9.98. The first-order chi connectivity index (χ1) is 8.75. The summed E-state index contributed by atoms with van der Waals surface area (Å²) in [5.74, 6) is 0. The molecule has 0 N–H and O–H groups in total. The van der Waals surface area contributed by atoms with Gasteiger partial charge in [0.05, 0.1) is 0 Å². The van der Waals surface area contributed by atoms with Crippen molar-refractivity contribution in [1.29, 1.82) is 0 Å². The lowest BCUT2D eigenvalue weighted by Crippen LogP contribution is -1.82. The number of hydrogen-bond acceptors (Lipinski definition) is 0. The van der Waals surface area contributed by atoms with Crippen molar-refractivity contribution in [2.45, 2.75) is 0 Å². The molecule has 0 aromatic heterocycles. The van der Waals surface area contributed by atoms with E-state index in [4.69, 9.17) is 0 Å². The fourth-order valence-corrected chi connectivity index (χ4v) is 2.89. The zero-order valence-corrected chi connectivity index (χ0v) is 12.7. The summed E-state index contributed by atoms with van der Waals surface area (Å²) < 4.78 is 2.24. The Kier molecular flexibility index (Phi) is 3.23. The van der Waals surface area contributed by atoms with Gasteiger partial charge in [-0.3, -0.25) is 0 Å². The van der Waals surface area contributed by atoms with Gasteiger partial charge in [-0.2, -0.15) is 0 Å². The van der Waals surface area contributed by atoms with Crippen molar-refractivity contribution in [2.75, 3.05) is 0 Å². The van der Waals surface area contributed by atoms with E-state index in [-0.39, 0.29) is 0 Å². The molecule has 0 aliphatic heterocycles. The van der Waals surface area contributed by atoms with Crippen LogP contribution in [0.5, 0.6) is 0 Å². The molecule has 0 nitrogen and oxygen atoms in total. The monoisotopic (exact) mass is 360 g/mol. The molecule has 0 heterocycles. The molecule has 3 rings (SSSR count). The van der Waals surface area contributed by atoms with Gasteiger partial charge in [0.25, 0.3) is 0 Å². The second kappa shape index (κ2) is 4.87. The van der Waals surface area contributed by atoms with Crippen molar-refractivity contribution in [3.8, 4) is 11.1 Å². The molecule has 3 aromatic carbocycles. The third-order valence-electron chi connectivity index (χ3n) is 3.03. The summed E-state index contributed by atoms with van der Waals surface area (Å²) in [6.45, 7) is 0. The summed E-state index contributed by atoms with van der Waals surface area (Å²) in [6, 6.07) is 21.2. The van der Waals surface area contributed by atoms with E-state index in [2.05, 4.69) is 92.5 Å². The predicted octanol–water partition coefficient (Wildman–Crippen LogP) is 6.03. The lowest BCUT2D eigenvalue weighted by molar-refractivity contribution is 1.61. The maximum Gasteiger partial charge on any atom is 0.0254 e. The van der Waals surface area contributed by atoms with Gasteiger partial charge in [0.1, 0.15) is 0 Å². The maximum absolute atomic E-state index is 3.61. The van der Waals surface area contributed by atoms with Crippen LogP contribution in [-0.4, -0.2) is 0 Å². The van der Waals surface area contributed by atoms with Crippen LogP contribution in [-0.2, 0) is 0 Å². The summed E-state index contributed by atoms with van der Waals surface area (Å²) in [6.07, 6.45) is 0. The summed E-state index contributed by atoms with van der Waals surface area (Å²) in [5, 5.41) is 2.52. The van der Waals surface area contributed by atoms with Crippen LogP contribution in [0.2, 0.25) is 0 Å². The van der Waals surface area contributed by atoms with Crippen LogP contribution in [0.1, 0.15) is 0 Å². The average molecular weight is 362 g/mol. The van der Waals surface area contributed by atoms with Crippen molar-refractivity contribution >= 4 is 42.6 Å². The standard InChI is InChI=1S/C16H10Br2/c17-12-7-5-11(6-8-12)13-9-10-16(18)15-4-2-1-3-14(13)15/h1-10H. The Morgan fingerprint density at radius 1 is 0.611 bits per heavy atom. The van der Waals surface area contributed by atoms with E-state index >= 15 is 0 Å². The molecular formula is C16H10Br2. The molecule has 88 valence electrons. The molecule has 0 aliphatic rings. The fourth-order valence-electron chi connectivity index (χ4n) is 2.14. The highest BCUT2D eigenvalue weighted by Gasteiger charge is 2.05. The van der Waals surface area contributed by atoms with Crippen molar-refractivity contribution in [3.05, 3.63) is 69.6 Å². The molecular weight excluding hydrogens is 352 g/mol. The van der Waals surface area contributed by atoms with E-state index < -0.39 is 0 Å². The summed E-state index contributed by atoms with van der Waals surface area (Å²) >= 11 is 7.08. The summed E-state index contributed by atoms with van der Waals surface area (Å²) in [5.41, 5.74) is 2.50. The molecule has 0 unspecified atom stereocenters. The van der Waals surface area contributed by atoms with Crippen LogP contribution in [0.3, 0.4) is 0 Å². The number of halogens is 2. The van der Waals surface area contributed by atoms with Crippen LogP contribution >= 0.6 is 31.9 Å². The minimum absolute atomic E-state index is 1.10. The highest BCUT2D eigenvalue weighted by atomic mass is 79.9. The van der Waals surface area contributed by atoms with Crippen molar-refractivity contribution in [1.82, 2.24) is 0 Å². The zero-order valence-electron chi connectivity index (χ0n) is 9.53. The SMILES string of the molecule is Brc1ccc(-c2ccc(Br)c3ccccc23)cc1. The molecule has 0 spiro atoms. The molecule has 0 amide bonds. The second-order valence-corrected chi connectivity index (χ2v) is 5.92. The largest absolute Gasteiger partial charge is 0.0616 e. The first-order valence-corrected chi connectivity index (χ1v) is 7.27. The Balaban J connectivity index is 2.30. The van der Waals surface area contributed by atoms with Gasteiger partial charge in [0, 0.05) is 8.95 Å². The molecule has 2 heteroatoms. The van der Waals surface area contributed by atoms with Crippen molar-refractivity contribution in [2.24, 2.45) is 0 Å². The highest BCUT2D eigenvalue weighted by Crippen LogP contribution is 2.33. The summed E-state index contributed by atoms with van der Waals surface area (Å²) in [7, 11) is 0. The average Bonchev–Trinajstić information content (AvgIpc) is 2.41. The van der Waals surface area contributed by atoms with Crippen LogP contribution in [0.15, 0.2) is 69.6 Å². The zero-order chi connectivity index (χ0) is 12.5. The van der Waals surface area contributed by atoms with Crippen molar-refractivity contribution in [3.63, 3.8) is 0 Å². The second-order valence-electron chi connectivity index (χ2n) is 4.15. The highest BCUT2D eigenvalue weighted by molar-refractivity contribution is 9.11. The molecule has 0 atom stereocenters. The van der Waals surface area contributed by atoms with E-state index in [1.165, 1.54) is 21.9 Å². The van der Waals surface area contributed by atoms with Crippen molar-refractivity contribution < 1.29 is 0 Å². The van der Waals surface area contributed by atoms with Gasteiger partial charge in [-0.15, -0.1) is 0 Å². The molecule has 0 bridgehead atoms. The normalized spacial score (nSPS) is 10.8. The van der Waals surface area contributed by atoms with E-state index in [0.29, 0.717) is 0 Å². The van der Waals surface area contributed by atoms with Crippen LogP contribution in [0.4, 0.5) is 0 Å². The predicted molar refractivity (Wildman–Crippen MR) is 84.8 cm³/mol. The van der Waals surface area contributed by atoms with Gasteiger partial charge >= 0.3 is 0 Å². The number of fused-ring (bicyclic) bond motifs is 1. The summed E-state index contributed by atoms with van der Waals surface area (Å²) in [4.78, 5) is 0. The third-order valence-corrected chi connectivity index (χ3v) is 4.25. The molecule has 0 saturated heterocycles. The van der Waals surface area contributed by atoms with E-state index in [1.54, 1.807) is 0 Å². The molecule has 18 heavy (non-hydrogen) atoms. The van der Waals surface area contributed by atoms with Crippen LogP contribution < -0.4 is 0 Å². The minimum atomic E-state index is 1.10. The molecule has 0 saturated carbocycles. The first kappa shape index (κ1) is 11.9.